The zero-order valence-electron chi connectivity index (χ0n) is 11.9. The second kappa shape index (κ2) is 6.53. The number of rotatable bonds is 4. The lowest BCUT2D eigenvalue weighted by atomic mass is 10.1. The van der Waals surface area contributed by atoms with Crippen molar-refractivity contribution in [1.82, 2.24) is 9.62 Å². The van der Waals surface area contributed by atoms with Gasteiger partial charge in [-0.2, -0.15) is 0 Å². The second-order valence-electron chi connectivity index (χ2n) is 5.31. The van der Waals surface area contributed by atoms with Crippen LogP contribution < -0.4 is 5.32 Å². The fraction of sp³-hybridized carbons (Fsp3) is 0.500. The number of hydrogen-bond donors (Lipinski definition) is 1. The van der Waals surface area contributed by atoms with Gasteiger partial charge in [-0.25, -0.2) is 17.1 Å². The van der Waals surface area contributed by atoms with Crippen LogP contribution in [0, 0.1) is 5.82 Å². The van der Waals surface area contributed by atoms with Crippen LogP contribution in [-0.2, 0) is 21.2 Å². The van der Waals surface area contributed by atoms with Crippen molar-refractivity contribution < 1.29 is 17.6 Å². The normalized spacial score (nSPS) is 17.6. The maximum Gasteiger partial charge on any atom is 0.224 e. The van der Waals surface area contributed by atoms with Gasteiger partial charge in [-0.15, -0.1) is 0 Å². The Hall–Kier alpha value is -1.47. The van der Waals surface area contributed by atoms with E-state index in [2.05, 4.69) is 5.32 Å². The molecule has 21 heavy (non-hydrogen) atoms. The second-order valence-corrected chi connectivity index (χ2v) is 7.29. The molecule has 0 aromatic heterocycles. The molecule has 1 N–H and O–H groups in total. The van der Waals surface area contributed by atoms with Crippen LogP contribution in [0.2, 0.25) is 0 Å². The SMILES string of the molecule is CS(=O)(=O)N1CCC(NC(=O)Cc2ccc(F)cc2)CC1. The third-order valence-corrected chi connectivity index (χ3v) is 4.87. The minimum absolute atomic E-state index is 0.00375. The van der Waals surface area contributed by atoms with Crippen LogP contribution in [0.5, 0.6) is 0 Å². The molecule has 0 atom stereocenters. The summed E-state index contributed by atoms with van der Waals surface area (Å²) >= 11 is 0. The summed E-state index contributed by atoms with van der Waals surface area (Å²) in [4.78, 5) is 11.9. The summed E-state index contributed by atoms with van der Waals surface area (Å²) in [5, 5.41) is 2.90. The average Bonchev–Trinajstić information content (AvgIpc) is 2.41. The molecule has 0 bridgehead atoms. The van der Waals surface area contributed by atoms with Gasteiger partial charge in [0.1, 0.15) is 5.82 Å². The maximum absolute atomic E-state index is 12.8. The molecule has 1 aromatic carbocycles. The molecule has 116 valence electrons. The molecule has 0 spiro atoms. The van der Waals surface area contributed by atoms with Gasteiger partial charge in [0.25, 0.3) is 0 Å². The van der Waals surface area contributed by atoms with Crippen LogP contribution in [0.25, 0.3) is 0 Å². The van der Waals surface area contributed by atoms with E-state index in [1.54, 1.807) is 12.1 Å². The summed E-state index contributed by atoms with van der Waals surface area (Å²) in [7, 11) is -3.15. The van der Waals surface area contributed by atoms with Crippen molar-refractivity contribution in [1.29, 1.82) is 0 Å². The molecule has 1 aromatic rings. The molecule has 1 heterocycles. The number of hydrogen-bond acceptors (Lipinski definition) is 3. The van der Waals surface area contributed by atoms with Crippen molar-refractivity contribution >= 4 is 15.9 Å². The third-order valence-electron chi connectivity index (χ3n) is 3.57. The molecule has 1 fully saturated rings. The van der Waals surface area contributed by atoms with Gasteiger partial charge in [0, 0.05) is 19.1 Å². The lowest BCUT2D eigenvalue weighted by Gasteiger charge is -2.30. The molecule has 1 amide bonds. The molecule has 0 unspecified atom stereocenters. The van der Waals surface area contributed by atoms with E-state index in [9.17, 15) is 17.6 Å². The molecule has 7 heteroatoms. The first-order chi connectivity index (χ1) is 9.84. The molecule has 5 nitrogen and oxygen atoms in total. The van der Waals surface area contributed by atoms with E-state index in [0.717, 1.165) is 5.56 Å². The van der Waals surface area contributed by atoms with Crippen molar-refractivity contribution in [3.05, 3.63) is 35.6 Å². The van der Waals surface area contributed by atoms with Crippen LogP contribution in [0.1, 0.15) is 18.4 Å². The summed E-state index contributed by atoms with van der Waals surface area (Å²) in [6.07, 6.45) is 2.62. The molecule has 0 radical (unpaired) electrons. The smallest absolute Gasteiger partial charge is 0.224 e. The Bertz CT molecular complexity index is 593. The Labute approximate surface area is 124 Å². The summed E-state index contributed by atoms with van der Waals surface area (Å²) in [6, 6.07) is 5.82. The van der Waals surface area contributed by atoms with Gasteiger partial charge in [-0.1, -0.05) is 12.1 Å². The van der Waals surface area contributed by atoms with Gasteiger partial charge in [0.15, 0.2) is 0 Å². The number of nitrogens with zero attached hydrogens (tertiary/aromatic N) is 1. The number of carbonyl (C=O) groups excluding carboxylic acids is 1. The molecule has 0 aliphatic carbocycles. The first-order valence-corrected chi connectivity index (χ1v) is 8.68. The number of benzene rings is 1. The van der Waals surface area contributed by atoms with Gasteiger partial charge in [-0.3, -0.25) is 4.79 Å². The van der Waals surface area contributed by atoms with Gasteiger partial charge < -0.3 is 5.32 Å². The summed E-state index contributed by atoms with van der Waals surface area (Å²) in [5.41, 5.74) is 0.752. The fourth-order valence-corrected chi connectivity index (χ4v) is 3.27. The lowest BCUT2D eigenvalue weighted by molar-refractivity contribution is -0.121. The van der Waals surface area contributed by atoms with Gasteiger partial charge in [0.2, 0.25) is 15.9 Å². The van der Waals surface area contributed by atoms with Crippen LogP contribution in [0.4, 0.5) is 4.39 Å². The van der Waals surface area contributed by atoms with E-state index >= 15 is 0 Å². The van der Waals surface area contributed by atoms with Crippen LogP contribution >= 0.6 is 0 Å². The minimum atomic E-state index is -3.15. The van der Waals surface area contributed by atoms with E-state index in [0.29, 0.717) is 25.9 Å². The highest BCUT2D eigenvalue weighted by molar-refractivity contribution is 7.88. The Kier molecular flexibility index (Phi) is 4.95. The highest BCUT2D eigenvalue weighted by Crippen LogP contribution is 2.13. The predicted octanol–water partition coefficient (Wildman–Crippen LogP) is 0.908. The van der Waals surface area contributed by atoms with Crippen molar-refractivity contribution in [2.45, 2.75) is 25.3 Å². The van der Waals surface area contributed by atoms with Gasteiger partial charge >= 0.3 is 0 Å². The molecule has 1 saturated heterocycles. The fourth-order valence-electron chi connectivity index (χ4n) is 2.40. The topological polar surface area (TPSA) is 66.5 Å². The largest absolute Gasteiger partial charge is 0.353 e. The molecule has 1 aliphatic rings. The summed E-state index contributed by atoms with van der Waals surface area (Å²) < 4.78 is 37.0. The first-order valence-electron chi connectivity index (χ1n) is 6.83. The van der Waals surface area contributed by atoms with Crippen molar-refractivity contribution in [2.75, 3.05) is 19.3 Å². The highest BCUT2D eigenvalue weighted by Gasteiger charge is 2.25. The Morgan fingerprint density at radius 2 is 1.86 bits per heavy atom. The van der Waals surface area contributed by atoms with E-state index < -0.39 is 10.0 Å². The molecule has 1 aliphatic heterocycles. The number of halogens is 1. The van der Waals surface area contributed by atoms with Crippen molar-refractivity contribution in [3.63, 3.8) is 0 Å². The number of carbonyl (C=O) groups is 1. The highest BCUT2D eigenvalue weighted by atomic mass is 32.2. The maximum atomic E-state index is 12.8. The Balaban J connectivity index is 1.80. The van der Waals surface area contributed by atoms with E-state index in [4.69, 9.17) is 0 Å². The summed E-state index contributed by atoms with van der Waals surface area (Å²) in [5.74, 6) is -0.452. The zero-order valence-corrected chi connectivity index (χ0v) is 12.7. The number of amides is 1. The molecule has 0 saturated carbocycles. The Morgan fingerprint density at radius 3 is 2.38 bits per heavy atom. The van der Waals surface area contributed by atoms with E-state index in [1.165, 1.54) is 22.7 Å². The van der Waals surface area contributed by atoms with Gasteiger partial charge in [-0.05, 0) is 30.5 Å². The zero-order chi connectivity index (χ0) is 15.5. The van der Waals surface area contributed by atoms with Crippen molar-refractivity contribution in [3.8, 4) is 0 Å². The molecular formula is C14H19FN2O3S. The van der Waals surface area contributed by atoms with Crippen LogP contribution in [-0.4, -0.2) is 44.0 Å². The number of sulfonamides is 1. The third kappa shape index (κ3) is 4.78. The molecular weight excluding hydrogens is 295 g/mol. The predicted molar refractivity (Wildman–Crippen MR) is 77.7 cm³/mol. The minimum Gasteiger partial charge on any atom is -0.353 e. The van der Waals surface area contributed by atoms with E-state index in [-0.39, 0.29) is 24.2 Å². The van der Waals surface area contributed by atoms with Gasteiger partial charge in [0.05, 0.1) is 12.7 Å². The standard InChI is InChI=1S/C14H19FN2O3S/c1-21(19,20)17-8-6-13(7-9-17)16-14(18)10-11-2-4-12(15)5-3-11/h2-5,13H,6-10H2,1H3,(H,16,18). The lowest BCUT2D eigenvalue weighted by Crippen LogP contribution is -2.46. The average molecular weight is 314 g/mol. The summed E-state index contributed by atoms with van der Waals surface area (Å²) in [6.45, 7) is 0.862. The van der Waals surface area contributed by atoms with Crippen LogP contribution in [0.3, 0.4) is 0 Å². The Morgan fingerprint density at radius 1 is 1.29 bits per heavy atom. The van der Waals surface area contributed by atoms with Crippen LogP contribution in [0.15, 0.2) is 24.3 Å². The first kappa shape index (κ1) is 15.9. The van der Waals surface area contributed by atoms with Crippen molar-refractivity contribution in [2.24, 2.45) is 0 Å². The number of nitrogens with one attached hydrogen (secondary N) is 1. The number of piperidine rings is 1. The quantitative estimate of drug-likeness (QED) is 0.898. The molecule has 2 rings (SSSR count). The monoisotopic (exact) mass is 314 g/mol. The van der Waals surface area contributed by atoms with E-state index in [1.807, 2.05) is 0 Å².